The molecule has 0 radical (unpaired) electrons. The van der Waals surface area contributed by atoms with Crippen LogP contribution >= 0.6 is 0 Å². The SMILES string of the molecule is COc1cc(-c2oc3cc(OC)c(O)c(OC)c3c(=O)c2O)ccc1O. The van der Waals surface area contributed by atoms with Crippen LogP contribution in [-0.2, 0) is 0 Å². The van der Waals surface area contributed by atoms with E-state index in [9.17, 15) is 20.1 Å². The maximum atomic E-state index is 12.7. The fraction of sp³-hybridized carbons (Fsp3) is 0.167. The van der Waals surface area contributed by atoms with Gasteiger partial charge in [-0.1, -0.05) is 0 Å². The standard InChI is InChI=1S/C18H16O8/c1-23-10-6-8(4-5-9(10)19)17-16(22)15(21)13-11(26-17)7-12(24-2)14(20)18(13)25-3/h4-7,19-20,22H,1-3H3. The van der Waals surface area contributed by atoms with Gasteiger partial charge in [0.15, 0.2) is 28.8 Å². The van der Waals surface area contributed by atoms with Gasteiger partial charge in [0.1, 0.15) is 11.0 Å². The van der Waals surface area contributed by atoms with E-state index in [1.807, 2.05) is 0 Å². The fourth-order valence-corrected chi connectivity index (χ4v) is 2.65. The number of rotatable bonds is 4. The minimum atomic E-state index is -0.789. The molecule has 0 saturated carbocycles. The van der Waals surface area contributed by atoms with Gasteiger partial charge in [-0.05, 0) is 18.2 Å². The van der Waals surface area contributed by atoms with Crippen LogP contribution in [0, 0.1) is 0 Å². The van der Waals surface area contributed by atoms with Gasteiger partial charge in [0.25, 0.3) is 0 Å². The van der Waals surface area contributed by atoms with Crippen LogP contribution in [-0.4, -0.2) is 36.6 Å². The van der Waals surface area contributed by atoms with Crippen molar-refractivity contribution in [2.24, 2.45) is 0 Å². The smallest absolute Gasteiger partial charge is 0.238 e. The summed E-state index contributed by atoms with van der Waals surface area (Å²) < 4.78 is 20.8. The van der Waals surface area contributed by atoms with Crippen molar-refractivity contribution in [1.29, 1.82) is 0 Å². The molecule has 2 aromatic carbocycles. The molecule has 8 nitrogen and oxygen atoms in total. The summed E-state index contributed by atoms with van der Waals surface area (Å²) in [7, 11) is 3.97. The molecule has 1 aromatic heterocycles. The van der Waals surface area contributed by atoms with Crippen molar-refractivity contribution in [2.45, 2.75) is 0 Å². The summed E-state index contributed by atoms with van der Waals surface area (Å²) in [6, 6.07) is 5.52. The molecule has 26 heavy (non-hydrogen) atoms. The average Bonchev–Trinajstić information content (AvgIpc) is 2.65. The van der Waals surface area contributed by atoms with Crippen LogP contribution < -0.4 is 19.6 Å². The summed E-state index contributed by atoms with van der Waals surface area (Å²) in [5.41, 5.74) is -0.438. The van der Waals surface area contributed by atoms with E-state index in [1.165, 1.54) is 45.6 Å². The van der Waals surface area contributed by atoms with E-state index in [0.717, 1.165) is 0 Å². The van der Waals surface area contributed by atoms with Gasteiger partial charge in [0.2, 0.25) is 16.9 Å². The second-order valence-electron chi connectivity index (χ2n) is 5.33. The lowest BCUT2D eigenvalue weighted by Crippen LogP contribution is -2.05. The van der Waals surface area contributed by atoms with E-state index in [1.54, 1.807) is 0 Å². The predicted octanol–water partition coefficient (Wildman–Crippen LogP) is 2.60. The molecule has 3 rings (SSSR count). The number of hydrogen-bond donors (Lipinski definition) is 3. The zero-order valence-electron chi connectivity index (χ0n) is 14.2. The Labute approximate surface area is 147 Å². The van der Waals surface area contributed by atoms with Gasteiger partial charge in [-0.2, -0.15) is 0 Å². The van der Waals surface area contributed by atoms with Crippen LogP contribution in [0.2, 0.25) is 0 Å². The van der Waals surface area contributed by atoms with Crippen LogP contribution in [0.5, 0.6) is 34.5 Å². The number of phenols is 2. The van der Waals surface area contributed by atoms with Gasteiger partial charge < -0.3 is 33.9 Å². The van der Waals surface area contributed by atoms with Crippen LogP contribution in [0.4, 0.5) is 0 Å². The molecule has 136 valence electrons. The van der Waals surface area contributed by atoms with E-state index in [0.29, 0.717) is 5.56 Å². The Morgan fingerprint density at radius 3 is 2.19 bits per heavy atom. The second-order valence-corrected chi connectivity index (χ2v) is 5.33. The number of fused-ring (bicyclic) bond motifs is 1. The third-order valence-corrected chi connectivity index (χ3v) is 3.92. The molecule has 3 aromatic rings. The summed E-state index contributed by atoms with van der Waals surface area (Å²) >= 11 is 0. The molecule has 0 aliphatic carbocycles. The summed E-state index contributed by atoms with van der Waals surface area (Å²) in [5, 5.41) is 30.0. The molecular formula is C18H16O8. The number of methoxy groups -OCH3 is 3. The van der Waals surface area contributed by atoms with Gasteiger partial charge in [0.05, 0.1) is 21.3 Å². The second kappa shape index (κ2) is 6.40. The molecule has 0 spiro atoms. The van der Waals surface area contributed by atoms with E-state index in [-0.39, 0.29) is 45.5 Å². The highest BCUT2D eigenvalue weighted by Gasteiger charge is 2.23. The summed E-state index contributed by atoms with van der Waals surface area (Å²) in [6.07, 6.45) is 0. The van der Waals surface area contributed by atoms with E-state index in [2.05, 4.69) is 0 Å². The quantitative estimate of drug-likeness (QED) is 0.650. The van der Waals surface area contributed by atoms with Crippen molar-refractivity contribution in [2.75, 3.05) is 21.3 Å². The summed E-state index contributed by atoms with van der Waals surface area (Å²) in [6.45, 7) is 0. The summed E-state index contributed by atoms with van der Waals surface area (Å²) in [4.78, 5) is 12.7. The van der Waals surface area contributed by atoms with Crippen molar-refractivity contribution in [1.82, 2.24) is 0 Å². The highest BCUT2D eigenvalue weighted by molar-refractivity contribution is 5.91. The third-order valence-electron chi connectivity index (χ3n) is 3.92. The highest BCUT2D eigenvalue weighted by Crippen LogP contribution is 2.44. The Hall–Kier alpha value is -3.55. The highest BCUT2D eigenvalue weighted by atomic mass is 16.5. The normalized spacial score (nSPS) is 10.7. The van der Waals surface area contributed by atoms with Gasteiger partial charge in [-0.15, -0.1) is 0 Å². The van der Waals surface area contributed by atoms with E-state index < -0.39 is 11.2 Å². The molecule has 0 saturated heterocycles. The first-order valence-electron chi connectivity index (χ1n) is 7.44. The van der Waals surface area contributed by atoms with Crippen molar-refractivity contribution >= 4 is 11.0 Å². The van der Waals surface area contributed by atoms with Crippen LogP contribution in [0.1, 0.15) is 0 Å². The Kier molecular flexibility index (Phi) is 4.25. The zero-order valence-corrected chi connectivity index (χ0v) is 14.2. The van der Waals surface area contributed by atoms with Crippen LogP contribution in [0.15, 0.2) is 33.5 Å². The molecule has 0 aliphatic heterocycles. The minimum Gasteiger partial charge on any atom is -0.504 e. The lowest BCUT2D eigenvalue weighted by atomic mass is 10.1. The Bertz CT molecular complexity index is 1050. The van der Waals surface area contributed by atoms with Crippen LogP contribution in [0.3, 0.4) is 0 Å². The molecule has 0 atom stereocenters. The summed E-state index contributed by atoms with van der Waals surface area (Å²) in [5.74, 6) is -1.27. The maximum absolute atomic E-state index is 12.7. The average molecular weight is 360 g/mol. The number of hydrogen-bond acceptors (Lipinski definition) is 8. The minimum absolute atomic E-state index is 0.0393. The molecule has 0 amide bonds. The number of phenolic OH excluding ortho intramolecular Hbond substituents is 2. The van der Waals surface area contributed by atoms with E-state index in [4.69, 9.17) is 18.6 Å². The zero-order chi connectivity index (χ0) is 19.0. The van der Waals surface area contributed by atoms with Gasteiger partial charge in [0, 0.05) is 11.6 Å². The molecule has 0 unspecified atom stereocenters. The third kappa shape index (κ3) is 2.52. The molecule has 0 bridgehead atoms. The lowest BCUT2D eigenvalue weighted by Gasteiger charge is -2.13. The monoisotopic (exact) mass is 360 g/mol. The van der Waals surface area contributed by atoms with Crippen molar-refractivity contribution in [3.63, 3.8) is 0 Å². The Morgan fingerprint density at radius 2 is 1.58 bits per heavy atom. The maximum Gasteiger partial charge on any atom is 0.238 e. The number of aromatic hydroxyl groups is 3. The van der Waals surface area contributed by atoms with Gasteiger partial charge in [-0.25, -0.2) is 0 Å². The van der Waals surface area contributed by atoms with Crippen molar-refractivity contribution < 1.29 is 33.9 Å². The first-order valence-corrected chi connectivity index (χ1v) is 7.44. The predicted molar refractivity (Wildman–Crippen MR) is 92.6 cm³/mol. The largest absolute Gasteiger partial charge is 0.504 e. The Balaban J connectivity index is 2.38. The van der Waals surface area contributed by atoms with E-state index >= 15 is 0 Å². The van der Waals surface area contributed by atoms with Crippen molar-refractivity contribution in [3.8, 4) is 45.8 Å². The number of ether oxygens (including phenoxy) is 3. The first-order chi connectivity index (χ1) is 12.4. The topological polar surface area (TPSA) is 119 Å². The van der Waals surface area contributed by atoms with Crippen molar-refractivity contribution in [3.05, 3.63) is 34.5 Å². The fourth-order valence-electron chi connectivity index (χ4n) is 2.65. The molecule has 0 aliphatic rings. The molecular weight excluding hydrogens is 344 g/mol. The lowest BCUT2D eigenvalue weighted by molar-refractivity contribution is 0.341. The molecule has 3 N–H and O–H groups in total. The van der Waals surface area contributed by atoms with Crippen LogP contribution in [0.25, 0.3) is 22.3 Å². The van der Waals surface area contributed by atoms with Gasteiger partial charge in [-0.3, -0.25) is 4.79 Å². The Morgan fingerprint density at radius 1 is 0.885 bits per heavy atom. The molecule has 0 fully saturated rings. The number of benzene rings is 2. The van der Waals surface area contributed by atoms with Gasteiger partial charge >= 0.3 is 0 Å². The molecule has 1 heterocycles. The molecule has 8 heteroatoms. The first kappa shape index (κ1) is 17.3.